The lowest BCUT2D eigenvalue weighted by Gasteiger charge is -2.19. The van der Waals surface area contributed by atoms with Gasteiger partial charge in [0.1, 0.15) is 16.2 Å². The number of rotatable bonds is 3. The normalized spacial score (nSPS) is 11.4. The molecule has 0 amide bonds. The van der Waals surface area contributed by atoms with Crippen molar-refractivity contribution in [1.82, 2.24) is 9.97 Å². The van der Waals surface area contributed by atoms with Crippen LogP contribution in [0.4, 0.5) is 0 Å². The summed E-state index contributed by atoms with van der Waals surface area (Å²) in [6.45, 7) is 6.47. The number of hydrogen-bond donors (Lipinski definition) is 1. The van der Waals surface area contributed by atoms with Crippen LogP contribution in [0.15, 0.2) is 30.3 Å². The summed E-state index contributed by atoms with van der Waals surface area (Å²) in [5.74, 6) is 1.74. The number of aromatic nitrogens is 2. The van der Waals surface area contributed by atoms with E-state index in [1.165, 1.54) is 0 Å². The monoisotopic (exact) mass is 288 g/mol. The summed E-state index contributed by atoms with van der Waals surface area (Å²) in [5.41, 5.74) is 2.28. The predicted octanol–water partition coefficient (Wildman–Crippen LogP) is 4.04. The number of benzene rings is 1. The Balaban J connectivity index is 2.33. The highest BCUT2D eigenvalue weighted by Gasteiger charge is 2.15. The molecule has 0 spiro atoms. The number of hydrogen-bond acceptors (Lipinski definition) is 3. The third kappa shape index (κ3) is 3.67. The standard InChI is InChI=1S/C16H20N2OS/c1-16(2,3)13-10-15(20)18-14(17-13)9-11-6-5-7-12(8-11)19-4/h5-8,10H,9H2,1-4H3,(H,17,18,20). The van der Waals surface area contributed by atoms with Gasteiger partial charge in [0, 0.05) is 17.5 Å². The van der Waals surface area contributed by atoms with Crippen LogP contribution in [-0.2, 0) is 11.8 Å². The molecular formula is C16H20N2OS. The van der Waals surface area contributed by atoms with Crippen LogP contribution >= 0.6 is 12.2 Å². The van der Waals surface area contributed by atoms with Crippen LogP contribution in [-0.4, -0.2) is 17.1 Å². The molecule has 1 heterocycles. The summed E-state index contributed by atoms with van der Waals surface area (Å²) >= 11 is 5.26. The van der Waals surface area contributed by atoms with Gasteiger partial charge in [0.2, 0.25) is 0 Å². The van der Waals surface area contributed by atoms with Gasteiger partial charge in [-0.3, -0.25) is 0 Å². The first-order chi connectivity index (χ1) is 9.38. The Morgan fingerprint density at radius 3 is 2.65 bits per heavy atom. The molecule has 2 rings (SSSR count). The molecule has 106 valence electrons. The molecule has 0 aliphatic carbocycles. The van der Waals surface area contributed by atoms with Gasteiger partial charge in [-0.05, 0) is 23.8 Å². The van der Waals surface area contributed by atoms with Crippen molar-refractivity contribution in [2.45, 2.75) is 32.6 Å². The van der Waals surface area contributed by atoms with Crippen LogP contribution in [0.2, 0.25) is 0 Å². The Morgan fingerprint density at radius 2 is 2.00 bits per heavy atom. The van der Waals surface area contributed by atoms with Crippen LogP contribution in [0.3, 0.4) is 0 Å². The fourth-order valence-electron chi connectivity index (χ4n) is 1.97. The maximum Gasteiger partial charge on any atom is 0.130 e. The fourth-order valence-corrected chi connectivity index (χ4v) is 2.20. The number of nitrogens with zero attached hydrogens (tertiary/aromatic N) is 1. The molecule has 0 bridgehead atoms. The molecule has 20 heavy (non-hydrogen) atoms. The van der Waals surface area contributed by atoms with Crippen molar-refractivity contribution in [2.75, 3.05) is 7.11 Å². The lowest BCUT2D eigenvalue weighted by atomic mass is 9.92. The largest absolute Gasteiger partial charge is 0.497 e. The topological polar surface area (TPSA) is 37.9 Å². The highest BCUT2D eigenvalue weighted by Crippen LogP contribution is 2.21. The van der Waals surface area contributed by atoms with E-state index in [2.05, 4.69) is 36.8 Å². The minimum absolute atomic E-state index is 0.0274. The van der Waals surface area contributed by atoms with Gasteiger partial charge >= 0.3 is 0 Å². The molecule has 0 fully saturated rings. The predicted molar refractivity (Wildman–Crippen MR) is 83.9 cm³/mol. The molecule has 4 heteroatoms. The number of ether oxygens (including phenoxy) is 1. The number of aromatic amines is 1. The van der Waals surface area contributed by atoms with Crippen molar-refractivity contribution in [1.29, 1.82) is 0 Å². The molecule has 0 unspecified atom stereocenters. The quantitative estimate of drug-likeness (QED) is 0.866. The summed E-state index contributed by atoms with van der Waals surface area (Å²) in [6, 6.07) is 9.93. The zero-order valence-corrected chi connectivity index (χ0v) is 13.2. The Bertz CT molecular complexity index is 656. The molecular weight excluding hydrogens is 268 g/mol. The molecule has 0 saturated heterocycles. The van der Waals surface area contributed by atoms with Crippen molar-refractivity contribution in [2.24, 2.45) is 0 Å². The highest BCUT2D eigenvalue weighted by atomic mass is 32.1. The van der Waals surface area contributed by atoms with Crippen LogP contribution in [0.1, 0.15) is 37.9 Å². The Hall–Kier alpha value is -1.68. The molecule has 0 atom stereocenters. The van der Waals surface area contributed by atoms with Crippen LogP contribution in [0.25, 0.3) is 0 Å². The third-order valence-electron chi connectivity index (χ3n) is 3.11. The van der Waals surface area contributed by atoms with Gasteiger partial charge < -0.3 is 9.72 Å². The minimum atomic E-state index is 0.0274. The average Bonchev–Trinajstić information content (AvgIpc) is 2.37. The number of methoxy groups -OCH3 is 1. The second-order valence-corrected chi connectivity index (χ2v) is 6.28. The molecule has 1 aromatic carbocycles. The minimum Gasteiger partial charge on any atom is -0.497 e. The van der Waals surface area contributed by atoms with E-state index in [0.29, 0.717) is 11.1 Å². The molecule has 2 aromatic rings. The SMILES string of the molecule is COc1cccc(Cc2nc(=S)cc(C(C)(C)C)[nH]2)c1. The zero-order chi connectivity index (χ0) is 14.8. The number of nitrogens with one attached hydrogen (secondary N) is 1. The lowest BCUT2D eigenvalue weighted by molar-refractivity contribution is 0.414. The number of H-pyrrole nitrogens is 1. The molecule has 0 aliphatic rings. The van der Waals surface area contributed by atoms with Gasteiger partial charge in [-0.1, -0.05) is 45.1 Å². The summed E-state index contributed by atoms with van der Waals surface area (Å²) in [5, 5.41) is 0. The first-order valence-electron chi connectivity index (χ1n) is 6.62. The zero-order valence-electron chi connectivity index (χ0n) is 12.4. The second kappa shape index (κ2) is 5.75. The molecule has 0 saturated carbocycles. The van der Waals surface area contributed by atoms with Crippen molar-refractivity contribution in [3.63, 3.8) is 0 Å². The Morgan fingerprint density at radius 1 is 1.25 bits per heavy atom. The summed E-state index contributed by atoms with van der Waals surface area (Å²) in [4.78, 5) is 7.81. The van der Waals surface area contributed by atoms with Crippen molar-refractivity contribution < 1.29 is 4.74 Å². The van der Waals surface area contributed by atoms with E-state index in [0.717, 1.165) is 22.8 Å². The van der Waals surface area contributed by atoms with Crippen LogP contribution in [0.5, 0.6) is 5.75 Å². The second-order valence-electron chi connectivity index (χ2n) is 5.86. The van der Waals surface area contributed by atoms with Crippen LogP contribution < -0.4 is 4.74 Å². The van der Waals surface area contributed by atoms with Gasteiger partial charge in [0.25, 0.3) is 0 Å². The van der Waals surface area contributed by atoms with E-state index in [9.17, 15) is 0 Å². The van der Waals surface area contributed by atoms with Crippen molar-refractivity contribution in [3.8, 4) is 5.75 Å². The highest BCUT2D eigenvalue weighted by molar-refractivity contribution is 7.71. The maximum atomic E-state index is 5.26. The van der Waals surface area contributed by atoms with Gasteiger partial charge in [-0.15, -0.1) is 0 Å². The lowest BCUT2D eigenvalue weighted by Crippen LogP contribution is -2.15. The third-order valence-corrected chi connectivity index (χ3v) is 3.31. The molecule has 0 radical (unpaired) electrons. The summed E-state index contributed by atoms with van der Waals surface area (Å²) < 4.78 is 5.87. The Kier molecular flexibility index (Phi) is 4.23. The van der Waals surface area contributed by atoms with E-state index >= 15 is 0 Å². The summed E-state index contributed by atoms with van der Waals surface area (Å²) in [7, 11) is 1.67. The van der Waals surface area contributed by atoms with E-state index in [1.807, 2.05) is 24.3 Å². The van der Waals surface area contributed by atoms with Gasteiger partial charge in [0.05, 0.1) is 7.11 Å². The fraction of sp³-hybridized carbons (Fsp3) is 0.375. The van der Waals surface area contributed by atoms with E-state index in [1.54, 1.807) is 7.11 Å². The molecule has 1 aromatic heterocycles. The first kappa shape index (κ1) is 14.7. The molecule has 3 nitrogen and oxygen atoms in total. The van der Waals surface area contributed by atoms with E-state index in [4.69, 9.17) is 17.0 Å². The van der Waals surface area contributed by atoms with Crippen molar-refractivity contribution >= 4 is 12.2 Å². The smallest absolute Gasteiger partial charge is 0.130 e. The summed E-state index contributed by atoms with van der Waals surface area (Å²) in [6.07, 6.45) is 0.713. The van der Waals surface area contributed by atoms with Crippen molar-refractivity contribution in [3.05, 3.63) is 52.1 Å². The van der Waals surface area contributed by atoms with Gasteiger partial charge in [0.15, 0.2) is 0 Å². The van der Waals surface area contributed by atoms with Crippen LogP contribution in [0, 0.1) is 4.64 Å². The van der Waals surface area contributed by atoms with E-state index < -0.39 is 0 Å². The van der Waals surface area contributed by atoms with Gasteiger partial charge in [-0.2, -0.15) is 0 Å². The maximum absolute atomic E-state index is 5.26. The Labute approximate surface area is 125 Å². The van der Waals surface area contributed by atoms with Gasteiger partial charge in [-0.25, -0.2) is 4.98 Å². The first-order valence-corrected chi connectivity index (χ1v) is 7.03. The molecule has 0 aliphatic heterocycles. The van der Waals surface area contributed by atoms with E-state index in [-0.39, 0.29) is 5.41 Å². The molecule has 1 N–H and O–H groups in total. The average molecular weight is 288 g/mol.